The number of carbonyl (C=O) groups excluding carboxylic acids is 1. The van der Waals surface area contributed by atoms with Gasteiger partial charge in [0.05, 0.1) is 6.61 Å². The van der Waals surface area contributed by atoms with Gasteiger partial charge in [0.2, 0.25) is 5.91 Å². The van der Waals surface area contributed by atoms with Crippen LogP contribution in [0.3, 0.4) is 0 Å². The summed E-state index contributed by atoms with van der Waals surface area (Å²) in [6.45, 7) is 4.83. The van der Waals surface area contributed by atoms with E-state index in [9.17, 15) is 4.79 Å². The SMILES string of the molecule is CCC1(COC)CC(=O)NC1C. The van der Waals surface area contributed by atoms with Crippen LogP contribution in [0.4, 0.5) is 0 Å². The minimum absolute atomic E-state index is 0.0336. The second kappa shape index (κ2) is 3.44. The molecule has 1 fully saturated rings. The van der Waals surface area contributed by atoms with E-state index in [1.54, 1.807) is 7.11 Å². The van der Waals surface area contributed by atoms with Crippen molar-refractivity contribution < 1.29 is 9.53 Å². The summed E-state index contributed by atoms with van der Waals surface area (Å²) in [5.74, 6) is 0.154. The van der Waals surface area contributed by atoms with Crippen LogP contribution in [0, 0.1) is 5.41 Å². The zero-order valence-electron chi connectivity index (χ0n) is 8.02. The third kappa shape index (κ3) is 1.46. The summed E-state index contributed by atoms with van der Waals surface area (Å²) in [4.78, 5) is 11.1. The van der Waals surface area contributed by atoms with Gasteiger partial charge in [-0.2, -0.15) is 0 Å². The van der Waals surface area contributed by atoms with Crippen LogP contribution in [-0.2, 0) is 9.53 Å². The van der Waals surface area contributed by atoms with Crippen molar-refractivity contribution >= 4 is 5.91 Å². The van der Waals surface area contributed by atoms with Crippen LogP contribution < -0.4 is 5.32 Å². The molecule has 1 rings (SSSR count). The zero-order chi connectivity index (χ0) is 9.19. The average Bonchev–Trinajstić information content (AvgIpc) is 2.28. The number of methoxy groups -OCH3 is 1. The summed E-state index contributed by atoms with van der Waals surface area (Å²) >= 11 is 0. The van der Waals surface area contributed by atoms with E-state index in [-0.39, 0.29) is 17.4 Å². The zero-order valence-corrected chi connectivity index (χ0v) is 8.02. The van der Waals surface area contributed by atoms with Gasteiger partial charge in [-0.05, 0) is 13.3 Å². The highest BCUT2D eigenvalue weighted by molar-refractivity contribution is 5.79. The number of hydrogen-bond donors (Lipinski definition) is 1. The maximum absolute atomic E-state index is 11.1. The molecule has 1 aliphatic rings. The highest BCUT2D eigenvalue weighted by atomic mass is 16.5. The molecule has 1 saturated heterocycles. The molecule has 0 aromatic heterocycles. The summed E-state index contributed by atoms with van der Waals surface area (Å²) < 4.78 is 5.15. The first-order valence-electron chi connectivity index (χ1n) is 4.43. The Balaban J connectivity index is 2.71. The molecule has 1 N–H and O–H groups in total. The number of carbonyl (C=O) groups is 1. The highest BCUT2D eigenvalue weighted by Gasteiger charge is 2.42. The standard InChI is InChI=1S/C9H17NO2/c1-4-9(6-12-3)5-8(11)10-7(9)2/h7H,4-6H2,1-3H3,(H,10,11). The van der Waals surface area contributed by atoms with Gasteiger partial charge in [0.25, 0.3) is 0 Å². The lowest BCUT2D eigenvalue weighted by molar-refractivity contribution is -0.120. The Morgan fingerprint density at radius 3 is 2.75 bits per heavy atom. The third-order valence-corrected chi connectivity index (χ3v) is 2.94. The molecule has 2 atom stereocenters. The summed E-state index contributed by atoms with van der Waals surface area (Å²) in [6.07, 6.45) is 1.60. The molecular weight excluding hydrogens is 154 g/mol. The molecule has 0 spiro atoms. The molecular formula is C9H17NO2. The van der Waals surface area contributed by atoms with Gasteiger partial charge >= 0.3 is 0 Å². The Hall–Kier alpha value is -0.570. The quantitative estimate of drug-likeness (QED) is 0.686. The fourth-order valence-corrected chi connectivity index (χ4v) is 1.92. The van der Waals surface area contributed by atoms with Crippen molar-refractivity contribution in [3.8, 4) is 0 Å². The molecule has 0 bridgehead atoms. The van der Waals surface area contributed by atoms with E-state index in [1.165, 1.54) is 0 Å². The normalized spacial score (nSPS) is 35.2. The molecule has 12 heavy (non-hydrogen) atoms. The molecule has 1 heterocycles. The van der Waals surface area contributed by atoms with Gasteiger partial charge in [-0.3, -0.25) is 4.79 Å². The minimum atomic E-state index is 0.0336. The lowest BCUT2D eigenvalue weighted by atomic mass is 9.79. The van der Waals surface area contributed by atoms with Gasteiger partial charge in [-0.25, -0.2) is 0 Å². The maximum atomic E-state index is 11.1. The van der Waals surface area contributed by atoms with Gasteiger partial charge in [-0.15, -0.1) is 0 Å². The van der Waals surface area contributed by atoms with Crippen molar-refractivity contribution in [3.63, 3.8) is 0 Å². The van der Waals surface area contributed by atoms with Gasteiger partial charge in [-0.1, -0.05) is 6.92 Å². The van der Waals surface area contributed by atoms with Crippen molar-refractivity contribution in [2.24, 2.45) is 5.41 Å². The second-order valence-electron chi connectivity index (χ2n) is 3.61. The lowest BCUT2D eigenvalue weighted by Gasteiger charge is -2.29. The minimum Gasteiger partial charge on any atom is -0.384 e. The molecule has 0 saturated carbocycles. The van der Waals surface area contributed by atoms with Crippen LogP contribution >= 0.6 is 0 Å². The molecule has 0 aliphatic carbocycles. The van der Waals surface area contributed by atoms with E-state index >= 15 is 0 Å². The third-order valence-electron chi connectivity index (χ3n) is 2.94. The summed E-state index contributed by atoms with van der Waals surface area (Å²) in [7, 11) is 1.69. The molecule has 3 heteroatoms. The van der Waals surface area contributed by atoms with E-state index in [0.717, 1.165) is 6.42 Å². The number of amides is 1. The van der Waals surface area contributed by atoms with Crippen LogP contribution in [0.2, 0.25) is 0 Å². The van der Waals surface area contributed by atoms with Crippen LogP contribution in [0.5, 0.6) is 0 Å². The monoisotopic (exact) mass is 171 g/mol. The van der Waals surface area contributed by atoms with Crippen molar-refractivity contribution in [2.75, 3.05) is 13.7 Å². The molecule has 3 nitrogen and oxygen atoms in total. The van der Waals surface area contributed by atoms with Crippen molar-refractivity contribution in [1.82, 2.24) is 5.32 Å². The van der Waals surface area contributed by atoms with Crippen molar-refractivity contribution in [1.29, 1.82) is 0 Å². The predicted molar refractivity (Wildman–Crippen MR) is 46.8 cm³/mol. The Labute approximate surface area is 73.5 Å². The molecule has 0 radical (unpaired) electrons. The Kier molecular flexibility index (Phi) is 2.73. The van der Waals surface area contributed by atoms with E-state index in [4.69, 9.17) is 4.74 Å². The fraction of sp³-hybridized carbons (Fsp3) is 0.889. The summed E-state index contributed by atoms with van der Waals surface area (Å²) in [5.41, 5.74) is 0.0336. The average molecular weight is 171 g/mol. The van der Waals surface area contributed by atoms with Crippen LogP contribution in [0.25, 0.3) is 0 Å². The number of rotatable bonds is 3. The smallest absolute Gasteiger partial charge is 0.220 e. The van der Waals surface area contributed by atoms with E-state index < -0.39 is 0 Å². The van der Waals surface area contributed by atoms with Crippen molar-refractivity contribution in [3.05, 3.63) is 0 Å². The van der Waals surface area contributed by atoms with Gasteiger partial charge in [0.15, 0.2) is 0 Å². The molecule has 1 aliphatic heterocycles. The molecule has 2 unspecified atom stereocenters. The fourth-order valence-electron chi connectivity index (χ4n) is 1.92. The predicted octanol–water partition coefficient (Wildman–Crippen LogP) is 0.938. The second-order valence-corrected chi connectivity index (χ2v) is 3.61. The van der Waals surface area contributed by atoms with E-state index in [1.807, 2.05) is 6.92 Å². The summed E-state index contributed by atoms with van der Waals surface area (Å²) in [6, 6.07) is 0.245. The number of hydrogen-bond acceptors (Lipinski definition) is 2. The highest BCUT2D eigenvalue weighted by Crippen LogP contribution is 2.35. The Morgan fingerprint density at radius 1 is 1.75 bits per heavy atom. The topological polar surface area (TPSA) is 38.3 Å². The Morgan fingerprint density at radius 2 is 2.42 bits per heavy atom. The number of ether oxygens (including phenoxy) is 1. The molecule has 70 valence electrons. The maximum Gasteiger partial charge on any atom is 0.220 e. The van der Waals surface area contributed by atoms with E-state index in [0.29, 0.717) is 13.0 Å². The largest absolute Gasteiger partial charge is 0.384 e. The van der Waals surface area contributed by atoms with E-state index in [2.05, 4.69) is 12.2 Å². The first-order valence-corrected chi connectivity index (χ1v) is 4.43. The number of nitrogens with one attached hydrogen (secondary N) is 1. The van der Waals surface area contributed by atoms with Crippen LogP contribution in [-0.4, -0.2) is 25.7 Å². The van der Waals surface area contributed by atoms with Crippen LogP contribution in [0.1, 0.15) is 26.7 Å². The lowest BCUT2D eigenvalue weighted by Crippen LogP contribution is -2.37. The van der Waals surface area contributed by atoms with Crippen molar-refractivity contribution in [2.45, 2.75) is 32.7 Å². The van der Waals surface area contributed by atoms with Gasteiger partial charge in [0, 0.05) is 25.0 Å². The summed E-state index contributed by atoms with van der Waals surface area (Å²) in [5, 5.41) is 2.92. The first-order chi connectivity index (χ1) is 5.64. The van der Waals surface area contributed by atoms with Crippen LogP contribution in [0.15, 0.2) is 0 Å². The van der Waals surface area contributed by atoms with Gasteiger partial charge < -0.3 is 10.1 Å². The molecule has 0 aromatic rings. The molecule has 0 aromatic carbocycles. The molecule has 1 amide bonds. The van der Waals surface area contributed by atoms with Gasteiger partial charge in [0.1, 0.15) is 0 Å². The first kappa shape index (κ1) is 9.52. The Bertz CT molecular complexity index is 181.